The number of hydrogen-bond donors (Lipinski definition) is 3. The fourth-order valence-electron chi connectivity index (χ4n) is 2.52. The standard InChI is InChI=1S/C21H19F6N3O3S/c1-12-8-15(6-7-18(12)33-10-19(31)32)34-11-16(28)17(9-20(22,23)24)30-29-14-4-2-13(3-5-14)21(25,26)27/h2-8,28-29H,9-11H2,1H3,(H,31,32)/b28-16?,30-17-. The van der Waals surface area contributed by atoms with Crippen LogP contribution >= 0.6 is 11.8 Å². The summed E-state index contributed by atoms with van der Waals surface area (Å²) in [6, 6.07) is 8.28. The Hall–Kier alpha value is -3.22. The minimum atomic E-state index is -4.66. The first-order chi connectivity index (χ1) is 15.7. The summed E-state index contributed by atoms with van der Waals surface area (Å²) >= 11 is 1.06. The number of nitrogens with one attached hydrogen (secondary N) is 2. The number of hydrogen-bond acceptors (Lipinski definition) is 6. The van der Waals surface area contributed by atoms with Gasteiger partial charge in [-0.2, -0.15) is 31.4 Å². The summed E-state index contributed by atoms with van der Waals surface area (Å²) in [4.78, 5) is 11.2. The van der Waals surface area contributed by atoms with Gasteiger partial charge in [0.25, 0.3) is 0 Å². The fraction of sp³-hybridized carbons (Fsp3) is 0.286. The predicted molar refractivity (Wildman–Crippen MR) is 116 cm³/mol. The first-order valence-electron chi connectivity index (χ1n) is 9.47. The number of anilines is 1. The van der Waals surface area contributed by atoms with Gasteiger partial charge in [0, 0.05) is 10.6 Å². The van der Waals surface area contributed by atoms with Crippen LogP contribution in [0.25, 0.3) is 0 Å². The maximum atomic E-state index is 13.0. The number of halogens is 6. The van der Waals surface area contributed by atoms with Crippen LogP contribution in [0.2, 0.25) is 0 Å². The second-order valence-corrected chi connectivity index (χ2v) is 7.96. The first-order valence-corrected chi connectivity index (χ1v) is 10.5. The summed E-state index contributed by atoms with van der Waals surface area (Å²) in [5, 5.41) is 20.3. The number of aryl methyl sites for hydroxylation is 1. The Morgan fingerprint density at radius 3 is 2.29 bits per heavy atom. The number of thioether (sulfide) groups is 1. The highest BCUT2D eigenvalue weighted by molar-refractivity contribution is 8.00. The molecule has 3 N–H and O–H groups in total. The molecule has 0 atom stereocenters. The van der Waals surface area contributed by atoms with Gasteiger partial charge in [-0.05, 0) is 55.0 Å². The highest BCUT2D eigenvalue weighted by Crippen LogP contribution is 2.30. The number of rotatable bonds is 10. The normalized spacial score (nSPS) is 12.4. The lowest BCUT2D eigenvalue weighted by molar-refractivity contribution is -0.139. The van der Waals surface area contributed by atoms with Crippen molar-refractivity contribution in [3.8, 4) is 5.75 Å². The Balaban J connectivity index is 2.08. The van der Waals surface area contributed by atoms with Crippen LogP contribution in [0.1, 0.15) is 17.5 Å². The van der Waals surface area contributed by atoms with Crippen molar-refractivity contribution < 1.29 is 41.0 Å². The minimum absolute atomic E-state index is 0.0284. The van der Waals surface area contributed by atoms with Gasteiger partial charge in [0.15, 0.2) is 6.61 Å². The summed E-state index contributed by atoms with van der Waals surface area (Å²) in [7, 11) is 0. The van der Waals surface area contributed by atoms with Crippen LogP contribution < -0.4 is 10.2 Å². The molecule has 0 spiro atoms. The van der Waals surface area contributed by atoms with E-state index >= 15 is 0 Å². The number of benzene rings is 2. The fourth-order valence-corrected chi connectivity index (χ4v) is 3.42. The number of carboxylic acid groups (broad SMARTS) is 1. The molecule has 0 aliphatic carbocycles. The van der Waals surface area contributed by atoms with Crippen molar-refractivity contribution in [2.45, 2.75) is 30.6 Å². The second kappa shape index (κ2) is 11.3. The molecule has 0 aromatic heterocycles. The summed E-state index contributed by atoms with van der Waals surface area (Å²) < 4.78 is 81.9. The van der Waals surface area contributed by atoms with Gasteiger partial charge in [0.2, 0.25) is 0 Å². The van der Waals surface area contributed by atoms with E-state index in [1.807, 2.05) is 0 Å². The average molecular weight is 507 g/mol. The van der Waals surface area contributed by atoms with Crippen LogP contribution in [-0.2, 0) is 11.0 Å². The lowest BCUT2D eigenvalue weighted by atomic mass is 10.2. The quantitative estimate of drug-likeness (QED) is 0.159. The molecule has 13 heteroatoms. The Bertz CT molecular complexity index is 1050. The number of nitrogens with zero attached hydrogens (tertiary/aromatic N) is 1. The Kier molecular flexibility index (Phi) is 8.96. The molecular weight excluding hydrogens is 488 g/mol. The molecular formula is C21H19F6N3O3S. The van der Waals surface area contributed by atoms with Crippen LogP contribution in [0.15, 0.2) is 52.5 Å². The third kappa shape index (κ3) is 8.96. The number of ether oxygens (including phenoxy) is 1. The zero-order valence-electron chi connectivity index (χ0n) is 17.5. The van der Waals surface area contributed by atoms with Gasteiger partial charge < -0.3 is 15.3 Å². The number of carboxylic acids is 1. The van der Waals surface area contributed by atoms with E-state index in [9.17, 15) is 31.1 Å². The van der Waals surface area contributed by atoms with E-state index in [0.717, 1.165) is 36.0 Å². The highest BCUT2D eigenvalue weighted by Gasteiger charge is 2.32. The van der Waals surface area contributed by atoms with E-state index < -0.39 is 48.3 Å². The molecule has 2 aromatic rings. The zero-order valence-corrected chi connectivity index (χ0v) is 18.4. The van der Waals surface area contributed by atoms with Crippen molar-refractivity contribution >= 4 is 34.8 Å². The third-order valence-corrected chi connectivity index (χ3v) is 5.15. The summed E-state index contributed by atoms with van der Waals surface area (Å²) in [6.45, 7) is 1.14. The second-order valence-electron chi connectivity index (χ2n) is 6.91. The molecule has 0 heterocycles. The molecule has 0 aliphatic heterocycles. The molecule has 0 unspecified atom stereocenters. The minimum Gasteiger partial charge on any atom is -0.482 e. The van der Waals surface area contributed by atoms with E-state index in [-0.39, 0.29) is 11.4 Å². The maximum absolute atomic E-state index is 13.0. The summed E-state index contributed by atoms with van der Waals surface area (Å²) in [5.41, 5.74) is 0.944. The van der Waals surface area contributed by atoms with Gasteiger partial charge in [0.05, 0.1) is 29.1 Å². The van der Waals surface area contributed by atoms with E-state index in [1.54, 1.807) is 19.1 Å². The van der Waals surface area contributed by atoms with Crippen molar-refractivity contribution in [3.05, 3.63) is 53.6 Å². The predicted octanol–water partition coefficient (Wildman–Crippen LogP) is 6.01. The van der Waals surface area contributed by atoms with Crippen LogP contribution in [0.4, 0.5) is 32.0 Å². The summed E-state index contributed by atoms with van der Waals surface area (Å²) in [6.07, 6.45) is -10.7. The zero-order chi connectivity index (χ0) is 25.5. The Labute approximate surface area is 194 Å². The van der Waals surface area contributed by atoms with Gasteiger partial charge >= 0.3 is 18.3 Å². The number of aliphatic carboxylic acids is 1. The maximum Gasteiger partial charge on any atom is 0.416 e. The molecule has 0 amide bonds. The Morgan fingerprint density at radius 2 is 1.76 bits per heavy atom. The number of alkyl halides is 6. The van der Waals surface area contributed by atoms with Gasteiger partial charge in [-0.1, -0.05) is 0 Å². The lowest BCUT2D eigenvalue weighted by Crippen LogP contribution is -2.24. The van der Waals surface area contributed by atoms with Gasteiger partial charge in [-0.15, -0.1) is 11.8 Å². The summed E-state index contributed by atoms with van der Waals surface area (Å²) in [5.74, 6) is -0.979. The van der Waals surface area contributed by atoms with Crippen molar-refractivity contribution in [1.29, 1.82) is 5.41 Å². The average Bonchev–Trinajstić information content (AvgIpc) is 2.73. The monoisotopic (exact) mass is 507 g/mol. The molecule has 6 nitrogen and oxygen atoms in total. The van der Waals surface area contributed by atoms with Gasteiger partial charge in [-0.3, -0.25) is 5.43 Å². The van der Waals surface area contributed by atoms with Crippen LogP contribution in [0, 0.1) is 12.3 Å². The topological polar surface area (TPSA) is 94.8 Å². The van der Waals surface area contributed by atoms with Gasteiger partial charge in [-0.25, -0.2) is 4.79 Å². The molecule has 0 saturated carbocycles. The lowest BCUT2D eigenvalue weighted by Gasteiger charge is -2.13. The number of carbonyl (C=O) groups is 1. The molecule has 2 rings (SSSR count). The van der Waals surface area contributed by atoms with Crippen molar-refractivity contribution in [2.24, 2.45) is 5.10 Å². The molecule has 0 radical (unpaired) electrons. The molecule has 0 fully saturated rings. The SMILES string of the molecule is Cc1cc(SCC(=N)/C(CC(F)(F)F)=N\Nc2ccc(C(F)(F)F)cc2)ccc1OCC(=O)O. The molecule has 184 valence electrons. The molecule has 0 saturated heterocycles. The smallest absolute Gasteiger partial charge is 0.416 e. The molecule has 34 heavy (non-hydrogen) atoms. The highest BCUT2D eigenvalue weighted by atomic mass is 32.2. The molecule has 0 aliphatic rings. The number of hydrazone groups is 1. The van der Waals surface area contributed by atoms with Crippen molar-refractivity contribution in [2.75, 3.05) is 17.8 Å². The molecule has 0 bridgehead atoms. The molecule has 2 aromatic carbocycles. The van der Waals surface area contributed by atoms with Crippen LogP contribution in [0.3, 0.4) is 0 Å². The van der Waals surface area contributed by atoms with E-state index in [4.69, 9.17) is 15.3 Å². The van der Waals surface area contributed by atoms with Crippen LogP contribution in [0.5, 0.6) is 5.75 Å². The largest absolute Gasteiger partial charge is 0.482 e. The first kappa shape index (κ1) is 27.0. The van der Waals surface area contributed by atoms with Crippen molar-refractivity contribution in [3.63, 3.8) is 0 Å². The Morgan fingerprint density at radius 1 is 1.12 bits per heavy atom. The van der Waals surface area contributed by atoms with Gasteiger partial charge in [0.1, 0.15) is 5.75 Å². The van der Waals surface area contributed by atoms with E-state index in [0.29, 0.717) is 16.2 Å². The third-order valence-electron chi connectivity index (χ3n) is 4.13. The van der Waals surface area contributed by atoms with Crippen LogP contribution in [-0.4, -0.2) is 41.0 Å². The van der Waals surface area contributed by atoms with E-state index in [2.05, 4.69) is 10.5 Å². The van der Waals surface area contributed by atoms with E-state index in [1.165, 1.54) is 6.07 Å². The van der Waals surface area contributed by atoms with Crippen molar-refractivity contribution in [1.82, 2.24) is 0 Å².